The van der Waals surface area contributed by atoms with E-state index in [1.165, 1.54) is 34.0 Å². The molecule has 0 nitrogen and oxygen atoms in total. The number of hydrogen-bond acceptors (Lipinski definition) is 0. The van der Waals surface area contributed by atoms with E-state index in [4.69, 9.17) is 0 Å². The molecule has 1 aromatic carbocycles. The van der Waals surface area contributed by atoms with Gasteiger partial charge in [0.25, 0.3) is 0 Å². The summed E-state index contributed by atoms with van der Waals surface area (Å²) in [5.41, 5.74) is 4.11. The topological polar surface area (TPSA) is 0 Å². The highest BCUT2D eigenvalue weighted by Crippen LogP contribution is 2.35. The number of alkyl halides is 1. The largest absolute Gasteiger partial charge is 0.0839 e. The molecule has 0 aliphatic rings. The van der Waals surface area contributed by atoms with Gasteiger partial charge in [-0.15, -0.1) is 0 Å². The molecule has 16 heavy (non-hydrogen) atoms. The predicted octanol–water partition coefficient (Wildman–Crippen LogP) is 5.94. The highest BCUT2D eigenvalue weighted by atomic mass is 79.9. The minimum Gasteiger partial charge on any atom is -0.0839 e. The molecule has 1 rings (SSSR count). The molecule has 0 bridgehead atoms. The molecule has 0 aliphatic carbocycles. The first-order valence-corrected chi connectivity index (χ1v) is 7.57. The first-order valence-electron chi connectivity index (χ1n) is 5.86. The number of halogens is 2. The third-order valence-corrected chi connectivity index (χ3v) is 4.91. The summed E-state index contributed by atoms with van der Waals surface area (Å²) in [7, 11) is 0. The third kappa shape index (κ3) is 3.59. The van der Waals surface area contributed by atoms with Crippen molar-refractivity contribution in [1.29, 1.82) is 0 Å². The van der Waals surface area contributed by atoms with Gasteiger partial charge < -0.3 is 0 Å². The van der Waals surface area contributed by atoms with Gasteiger partial charge in [-0.2, -0.15) is 0 Å². The fourth-order valence-corrected chi connectivity index (χ4v) is 3.38. The molecule has 0 spiro atoms. The van der Waals surface area contributed by atoms with Crippen molar-refractivity contribution in [3.8, 4) is 0 Å². The van der Waals surface area contributed by atoms with Crippen LogP contribution in [0.3, 0.4) is 0 Å². The van der Waals surface area contributed by atoms with E-state index in [0.29, 0.717) is 4.83 Å². The van der Waals surface area contributed by atoms with E-state index in [9.17, 15) is 0 Å². The summed E-state index contributed by atoms with van der Waals surface area (Å²) in [4.78, 5) is 0.481. The summed E-state index contributed by atoms with van der Waals surface area (Å²) < 4.78 is 1.21. The average Bonchev–Trinajstić information content (AvgIpc) is 2.23. The van der Waals surface area contributed by atoms with Gasteiger partial charge in [0.1, 0.15) is 0 Å². The lowest BCUT2D eigenvalue weighted by Crippen LogP contribution is -2.01. The summed E-state index contributed by atoms with van der Waals surface area (Å²) in [5, 5.41) is 0. The van der Waals surface area contributed by atoms with Crippen LogP contribution in [0.15, 0.2) is 16.6 Å². The molecule has 0 saturated heterocycles. The lowest BCUT2D eigenvalue weighted by Gasteiger charge is -2.18. The molecule has 0 fully saturated rings. The molecule has 90 valence electrons. The van der Waals surface area contributed by atoms with Crippen molar-refractivity contribution in [2.24, 2.45) is 5.92 Å². The van der Waals surface area contributed by atoms with Crippen LogP contribution in [0, 0.1) is 19.8 Å². The Kier molecular flexibility index (Phi) is 5.52. The predicted molar refractivity (Wildman–Crippen MR) is 79.4 cm³/mol. The monoisotopic (exact) mass is 346 g/mol. The van der Waals surface area contributed by atoms with E-state index in [0.717, 1.165) is 5.92 Å². The summed E-state index contributed by atoms with van der Waals surface area (Å²) in [6.07, 6.45) is 2.45. The molecule has 2 unspecified atom stereocenters. The van der Waals surface area contributed by atoms with E-state index < -0.39 is 0 Å². The number of hydrogen-bond donors (Lipinski definition) is 0. The molecule has 0 aromatic heterocycles. The van der Waals surface area contributed by atoms with Gasteiger partial charge in [0.05, 0.1) is 0 Å². The Morgan fingerprint density at radius 2 is 1.81 bits per heavy atom. The Morgan fingerprint density at radius 1 is 1.19 bits per heavy atom. The normalized spacial score (nSPS) is 14.9. The van der Waals surface area contributed by atoms with Crippen molar-refractivity contribution >= 4 is 31.9 Å². The minimum atomic E-state index is 0.481. The van der Waals surface area contributed by atoms with Crippen LogP contribution >= 0.6 is 31.9 Å². The highest BCUT2D eigenvalue weighted by molar-refractivity contribution is 9.10. The summed E-state index contributed by atoms with van der Waals surface area (Å²) >= 11 is 7.40. The standard InChI is InChI=1S/C14H20Br2/c1-5-9(2)6-14(16)12-7-11(4)13(15)8-10(12)3/h7-9,14H,5-6H2,1-4H3. The zero-order valence-electron chi connectivity index (χ0n) is 10.5. The Hall–Kier alpha value is 0.180. The van der Waals surface area contributed by atoms with Gasteiger partial charge in [0, 0.05) is 9.30 Å². The van der Waals surface area contributed by atoms with Crippen LogP contribution in [0.25, 0.3) is 0 Å². The Bertz CT molecular complexity index is 358. The Labute approximate surface area is 116 Å². The Morgan fingerprint density at radius 3 is 2.38 bits per heavy atom. The maximum Gasteiger partial charge on any atom is 0.0400 e. The molecular formula is C14H20Br2. The molecule has 1 aromatic rings. The zero-order chi connectivity index (χ0) is 12.3. The van der Waals surface area contributed by atoms with E-state index in [1.807, 2.05) is 0 Å². The fourth-order valence-electron chi connectivity index (χ4n) is 1.79. The second kappa shape index (κ2) is 6.20. The molecule has 0 N–H and O–H groups in total. The zero-order valence-corrected chi connectivity index (χ0v) is 13.7. The van der Waals surface area contributed by atoms with Gasteiger partial charge in [-0.05, 0) is 48.9 Å². The maximum absolute atomic E-state index is 3.82. The van der Waals surface area contributed by atoms with Crippen LogP contribution in [0.2, 0.25) is 0 Å². The molecule has 0 aliphatic heterocycles. The number of aryl methyl sites for hydroxylation is 2. The molecule has 0 amide bonds. The third-order valence-electron chi connectivity index (χ3n) is 3.19. The second-order valence-electron chi connectivity index (χ2n) is 4.67. The van der Waals surface area contributed by atoms with E-state index in [1.54, 1.807) is 0 Å². The van der Waals surface area contributed by atoms with Gasteiger partial charge in [0.15, 0.2) is 0 Å². The number of benzene rings is 1. The quantitative estimate of drug-likeness (QED) is 0.591. The lowest BCUT2D eigenvalue weighted by molar-refractivity contribution is 0.514. The molecule has 0 radical (unpaired) electrons. The van der Waals surface area contributed by atoms with E-state index in [2.05, 4.69) is 71.7 Å². The summed E-state index contributed by atoms with van der Waals surface area (Å²) in [6, 6.07) is 4.51. The fraction of sp³-hybridized carbons (Fsp3) is 0.571. The van der Waals surface area contributed by atoms with Crippen LogP contribution in [-0.2, 0) is 0 Å². The Balaban J connectivity index is 2.91. The van der Waals surface area contributed by atoms with Crippen LogP contribution in [0.1, 0.15) is 48.2 Å². The van der Waals surface area contributed by atoms with E-state index in [-0.39, 0.29) is 0 Å². The number of rotatable bonds is 4. The van der Waals surface area contributed by atoms with Crippen molar-refractivity contribution < 1.29 is 0 Å². The SMILES string of the molecule is CCC(C)CC(Br)c1cc(C)c(Br)cc1C. The second-order valence-corrected chi connectivity index (χ2v) is 6.63. The molecule has 2 atom stereocenters. The van der Waals surface area contributed by atoms with E-state index >= 15 is 0 Å². The molecular weight excluding hydrogens is 328 g/mol. The van der Waals surface area contributed by atoms with Crippen molar-refractivity contribution in [2.75, 3.05) is 0 Å². The first kappa shape index (κ1) is 14.2. The highest BCUT2D eigenvalue weighted by Gasteiger charge is 2.14. The van der Waals surface area contributed by atoms with Crippen LogP contribution in [-0.4, -0.2) is 0 Å². The van der Waals surface area contributed by atoms with Crippen LogP contribution < -0.4 is 0 Å². The molecule has 0 heterocycles. The van der Waals surface area contributed by atoms with Crippen molar-refractivity contribution in [1.82, 2.24) is 0 Å². The van der Waals surface area contributed by atoms with Gasteiger partial charge >= 0.3 is 0 Å². The summed E-state index contributed by atoms with van der Waals surface area (Å²) in [5.74, 6) is 0.771. The first-order chi connectivity index (χ1) is 7.45. The molecule has 0 saturated carbocycles. The van der Waals surface area contributed by atoms with Gasteiger partial charge in [0.2, 0.25) is 0 Å². The van der Waals surface area contributed by atoms with Crippen LogP contribution in [0.5, 0.6) is 0 Å². The smallest absolute Gasteiger partial charge is 0.0400 e. The average molecular weight is 348 g/mol. The van der Waals surface area contributed by atoms with Crippen LogP contribution in [0.4, 0.5) is 0 Å². The van der Waals surface area contributed by atoms with Crippen molar-refractivity contribution in [3.05, 3.63) is 33.3 Å². The minimum absolute atomic E-state index is 0.481. The molecule has 2 heteroatoms. The van der Waals surface area contributed by atoms with Gasteiger partial charge in [-0.25, -0.2) is 0 Å². The van der Waals surface area contributed by atoms with Crippen molar-refractivity contribution in [2.45, 2.75) is 45.4 Å². The van der Waals surface area contributed by atoms with Gasteiger partial charge in [-0.1, -0.05) is 58.2 Å². The lowest BCUT2D eigenvalue weighted by atomic mass is 9.95. The van der Waals surface area contributed by atoms with Gasteiger partial charge in [-0.3, -0.25) is 0 Å². The summed E-state index contributed by atoms with van der Waals surface area (Å²) in [6.45, 7) is 8.90. The van der Waals surface area contributed by atoms with Crippen molar-refractivity contribution in [3.63, 3.8) is 0 Å². The maximum atomic E-state index is 3.82.